The molecule has 1 aliphatic heterocycles. The first kappa shape index (κ1) is 13.4. The number of rotatable bonds is 2. The normalized spacial score (nSPS) is 18.8. The van der Waals surface area contributed by atoms with E-state index in [0.29, 0.717) is 18.8 Å². The zero-order valence-corrected chi connectivity index (χ0v) is 10.9. The molecule has 1 fully saturated rings. The van der Waals surface area contributed by atoms with Gasteiger partial charge in [-0.05, 0) is 25.0 Å². The van der Waals surface area contributed by atoms with E-state index < -0.39 is 6.09 Å². The maximum absolute atomic E-state index is 12.0. The van der Waals surface area contributed by atoms with E-state index in [1.54, 1.807) is 29.2 Å². The van der Waals surface area contributed by atoms with Crippen LogP contribution in [-0.2, 0) is 9.53 Å². The molecule has 2 rings (SSSR count). The highest BCUT2D eigenvalue weighted by Crippen LogP contribution is 2.19. The largest absolute Gasteiger partial charge is 0.469 e. The summed E-state index contributed by atoms with van der Waals surface area (Å²) in [5.41, 5.74) is 0. The highest BCUT2D eigenvalue weighted by Gasteiger charge is 2.29. The van der Waals surface area contributed by atoms with Crippen LogP contribution in [-0.4, -0.2) is 37.2 Å². The maximum Gasteiger partial charge on any atom is 0.415 e. The number of hydrogen-bond donors (Lipinski definition) is 0. The minimum atomic E-state index is -0.417. The lowest BCUT2D eigenvalue weighted by Gasteiger charge is -2.30. The van der Waals surface area contributed by atoms with Crippen LogP contribution in [0.2, 0.25) is 0 Å². The number of benzene rings is 1. The Kier molecular flexibility index (Phi) is 4.39. The van der Waals surface area contributed by atoms with Crippen LogP contribution in [0.5, 0.6) is 5.75 Å². The number of carbonyl (C=O) groups is 2. The standard InChI is InChI=1S/C14H17NO4/c1-18-13(16)11-6-5-9-15(10-11)14(17)19-12-7-3-2-4-8-12/h2-4,7-8,11H,5-6,9-10H2,1H3/t11-/m0/s1. The van der Waals surface area contributed by atoms with Crippen molar-refractivity contribution in [1.82, 2.24) is 4.90 Å². The number of methoxy groups -OCH3 is 1. The lowest BCUT2D eigenvalue weighted by Crippen LogP contribution is -2.43. The Morgan fingerprint density at radius 3 is 2.68 bits per heavy atom. The van der Waals surface area contributed by atoms with Gasteiger partial charge < -0.3 is 14.4 Å². The van der Waals surface area contributed by atoms with Gasteiger partial charge in [0, 0.05) is 13.1 Å². The number of amides is 1. The van der Waals surface area contributed by atoms with E-state index in [2.05, 4.69) is 0 Å². The minimum Gasteiger partial charge on any atom is -0.469 e. The third-order valence-corrected chi connectivity index (χ3v) is 3.16. The first-order valence-corrected chi connectivity index (χ1v) is 6.30. The fourth-order valence-corrected chi connectivity index (χ4v) is 2.16. The van der Waals surface area contributed by atoms with Crippen LogP contribution in [0.4, 0.5) is 4.79 Å². The fraction of sp³-hybridized carbons (Fsp3) is 0.429. The Balaban J connectivity index is 1.94. The molecule has 1 saturated heterocycles. The summed E-state index contributed by atoms with van der Waals surface area (Å²) in [6.45, 7) is 0.970. The number of esters is 1. The molecule has 102 valence electrons. The fourth-order valence-electron chi connectivity index (χ4n) is 2.16. The second-order valence-electron chi connectivity index (χ2n) is 4.49. The van der Waals surface area contributed by atoms with Crippen LogP contribution in [0.1, 0.15) is 12.8 Å². The van der Waals surface area contributed by atoms with Crippen LogP contribution in [0.25, 0.3) is 0 Å². The van der Waals surface area contributed by atoms with Gasteiger partial charge in [-0.3, -0.25) is 4.79 Å². The summed E-state index contributed by atoms with van der Waals surface area (Å²) in [5.74, 6) is -0.00743. The smallest absolute Gasteiger partial charge is 0.415 e. The molecule has 1 amide bonds. The highest BCUT2D eigenvalue weighted by molar-refractivity contribution is 5.75. The first-order chi connectivity index (χ1) is 9.20. The summed E-state index contributed by atoms with van der Waals surface area (Å²) in [6.07, 6.45) is 1.12. The molecule has 1 aromatic rings. The van der Waals surface area contributed by atoms with Crippen molar-refractivity contribution in [2.24, 2.45) is 5.92 Å². The number of nitrogens with zero attached hydrogens (tertiary/aromatic N) is 1. The molecule has 0 radical (unpaired) electrons. The molecule has 19 heavy (non-hydrogen) atoms. The molecule has 0 bridgehead atoms. The van der Waals surface area contributed by atoms with Gasteiger partial charge in [0.2, 0.25) is 0 Å². The summed E-state index contributed by atoms with van der Waals surface area (Å²) >= 11 is 0. The Morgan fingerprint density at radius 1 is 1.26 bits per heavy atom. The van der Waals surface area contributed by atoms with Crippen molar-refractivity contribution in [3.05, 3.63) is 30.3 Å². The van der Waals surface area contributed by atoms with E-state index in [1.165, 1.54) is 7.11 Å². The molecule has 5 heteroatoms. The van der Waals surface area contributed by atoms with Gasteiger partial charge in [0.25, 0.3) is 0 Å². The van der Waals surface area contributed by atoms with Gasteiger partial charge in [0.1, 0.15) is 5.75 Å². The topological polar surface area (TPSA) is 55.8 Å². The molecule has 1 aromatic carbocycles. The molecule has 0 aliphatic carbocycles. The van der Waals surface area contributed by atoms with Crippen molar-refractivity contribution in [2.75, 3.05) is 20.2 Å². The number of para-hydroxylation sites is 1. The van der Waals surface area contributed by atoms with Crippen LogP contribution < -0.4 is 4.74 Å². The molecule has 0 N–H and O–H groups in total. The second-order valence-corrected chi connectivity index (χ2v) is 4.49. The van der Waals surface area contributed by atoms with E-state index in [0.717, 1.165) is 12.8 Å². The van der Waals surface area contributed by atoms with Crippen molar-refractivity contribution < 1.29 is 19.1 Å². The third-order valence-electron chi connectivity index (χ3n) is 3.16. The van der Waals surface area contributed by atoms with Crippen LogP contribution in [0.3, 0.4) is 0 Å². The molecular weight excluding hydrogens is 246 g/mol. The number of piperidine rings is 1. The second kappa shape index (κ2) is 6.22. The van der Waals surface area contributed by atoms with Gasteiger partial charge in [-0.15, -0.1) is 0 Å². The SMILES string of the molecule is COC(=O)[C@H]1CCCN(C(=O)Oc2ccccc2)C1. The van der Waals surface area contributed by atoms with Crippen molar-refractivity contribution in [3.63, 3.8) is 0 Å². The lowest BCUT2D eigenvalue weighted by molar-refractivity contribution is -0.146. The molecule has 0 aromatic heterocycles. The zero-order valence-electron chi connectivity index (χ0n) is 10.9. The van der Waals surface area contributed by atoms with Crippen molar-refractivity contribution in [1.29, 1.82) is 0 Å². The molecule has 5 nitrogen and oxygen atoms in total. The lowest BCUT2D eigenvalue weighted by atomic mass is 9.99. The molecule has 0 saturated carbocycles. The molecule has 1 atom stereocenters. The predicted octanol–water partition coefficient (Wildman–Crippen LogP) is 2.07. The predicted molar refractivity (Wildman–Crippen MR) is 68.8 cm³/mol. The minimum absolute atomic E-state index is 0.248. The summed E-state index contributed by atoms with van der Waals surface area (Å²) in [4.78, 5) is 25.0. The van der Waals surface area contributed by atoms with Gasteiger partial charge in [-0.25, -0.2) is 4.79 Å². The van der Waals surface area contributed by atoms with Crippen molar-refractivity contribution >= 4 is 12.1 Å². The van der Waals surface area contributed by atoms with Crippen LogP contribution in [0.15, 0.2) is 30.3 Å². The average Bonchev–Trinajstić information content (AvgIpc) is 2.47. The first-order valence-electron chi connectivity index (χ1n) is 6.30. The maximum atomic E-state index is 12.0. The number of carbonyl (C=O) groups excluding carboxylic acids is 2. The van der Waals surface area contributed by atoms with Gasteiger partial charge in [-0.2, -0.15) is 0 Å². The number of likely N-dealkylation sites (tertiary alicyclic amines) is 1. The Morgan fingerprint density at radius 2 is 2.00 bits per heavy atom. The van der Waals surface area contributed by atoms with E-state index in [4.69, 9.17) is 9.47 Å². The van der Waals surface area contributed by atoms with Gasteiger partial charge >= 0.3 is 12.1 Å². The molecule has 1 heterocycles. The Labute approximate surface area is 112 Å². The van der Waals surface area contributed by atoms with E-state index in [9.17, 15) is 9.59 Å². The summed E-state index contributed by atoms with van der Waals surface area (Å²) < 4.78 is 9.97. The average molecular weight is 263 g/mol. The molecule has 1 aliphatic rings. The van der Waals surface area contributed by atoms with Gasteiger partial charge in [-0.1, -0.05) is 18.2 Å². The molecule has 0 spiro atoms. The Hall–Kier alpha value is -2.04. The molecular formula is C14H17NO4. The van der Waals surface area contributed by atoms with Gasteiger partial charge in [0.05, 0.1) is 13.0 Å². The zero-order chi connectivity index (χ0) is 13.7. The van der Waals surface area contributed by atoms with E-state index >= 15 is 0 Å². The summed E-state index contributed by atoms with van der Waals surface area (Å²) in [5, 5.41) is 0. The Bertz CT molecular complexity index is 446. The van der Waals surface area contributed by atoms with Gasteiger partial charge in [0.15, 0.2) is 0 Å². The monoisotopic (exact) mass is 263 g/mol. The van der Waals surface area contributed by atoms with Crippen LogP contribution in [0, 0.1) is 5.92 Å². The van der Waals surface area contributed by atoms with Crippen molar-refractivity contribution in [2.45, 2.75) is 12.8 Å². The molecule has 0 unspecified atom stereocenters. The van der Waals surface area contributed by atoms with Crippen molar-refractivity contribution in [3.8, 4) is 5.75 Å². The van der Waals surface area contributed by atoms with E-state index in [1.807, 2.05) is 6.07 Å². The summed E-state index contributed by atoms with van der Waals surface area (Å²) in [6, 6.07) is 8.90. The number of hydrogen-bond acceptors (Lipinski definition) is 4. The van der Waals surface area contributed by atoms with E-state index in [-0.39, 0.29) is 11.9 Å². The quantitative estimate of drug-likeness (QED) is 0.766. The number of ether oxygens (including phenoxy) is 2. The summed E-state index contributed by atoms with van der Waals surface area (Å²) in [7, 11) is 1.36. The third kappa shape index (κ3) is 3.47. The highest BCUT2D eigenvalue weighted by atomic mass is 16.6. The van der Waals surface area contributed by atoms with Crippen LogP contribution >= 0.6 is 0 Å².